The van der Waals surface area contributed by atoms with E-state index in [2.05, 4.69) is 0 Å². The molecule has 2 nitrogen and oxygen atoms in total. The highest BCUT2D eigenvalue weighted by atomic mass is 32.2. The van der Waals surface area contributed by atoms with E-state index in [-0.39, 0.29) is 16.1 Å². The SMILES string of the molecule is CCCC(=O)SC(C)C(C)=O. The summed E-state index contributed by atoms with van der Waals surface area (Å²) in [4.78, 5) is 21.7. The Bertz CT molecular complexity index is 154. The zero-order valence-corrected chi connectivity index (χ0v) is 8.03. The van der Waals surface area contributed by atoms with Gasteiger partial charge in [0.2, 0.25) is 0 Å². The summed E-state index contributed by atoms with van der Waals surface area (Å²) in [6.45, 7) is 5.23. The molecule has 64 valence electrons. The minimum atomic E-state index is -0.172. The smallest absolute Gasteiger partial charge is 0.189 e. The van der Waals surface area contributed by atoms with Crippen molar-refractivity contribution in [2.75, 3.05) is 0 Å². The number of ketones is 1. The molecule has 0 rings (SSSR count). The average Bonchev–Trinajstić information content (AvgIpc) is 1.87. The van der Waals surface area contributed by atoms with Crippen LogP contribution in [-0.4, -0.2) is 16.1 Å². The lowest BCUT2D eigenvalue weighted by atomic mass is 10.3. The number of rotatable bonds is 4. The van der Waals surface area contributed by atoms with Crippen molar-refractivity contribution in [1.82, 2.24) is 0 Å². The van der Waals surface area contributed by atoms with E-state index in [9.17, 15) is 9.59 Å². The minimum absolute atomic E-state index is 0.0689. The molecule has 0 aliphatic heterocycles. The molecule has 0 amide bonds. The maximum Gasteiger partial charge on any atom is 0.189 e. The zero-order valence-electron chi connectivity index (χ0n) is 7.22. The molecular weight excluding hydrogens is 160 g/mol. The highest BCUT2D eigenvalue weighted by Crippen LogP contribution is 2.14. The van der Waals surface area contributed by atoms with E-state index in [4.69, 9.17) is 0 Å². The number of carbonyl (C=O) groups is 2. The van der Waals surface area contributed by atoms with Crippen molar-refractivity contribution in [3.8, 4) is 0 Å². The van der Waals surface area contributed by atoms with Crippen LogP contribution in [0.5, 0.6) is 0 Å². The summed E-state index contributed by atoms with van der Waals surface area (Å²) >= 11 is 1.14. The molecule has 0 radical (unpaired) electrons. The molecule has 0 aromatic heterocycles. The number of carbonyl (C=O) groups excluding carboxylic acids is 2. The molecule has 0 aliphatic carbocycles. The average molecular weight is 174 g/mol. The Morgan fingerprint density at radius 1 is 1.45 bits per heavy atom. The van der Waals surface area contributed by atoms with E-state index in [1.165, 1.54) is 6.92 Å². The lowest BCUT2D eigenvalue weighted by Gasteiger charge is -2.03. The van der Waals surface area contributed by atoms with E-state index in [0.29, 0.717) is 6.42 Å². The molecule has 0 saturated heterocycles. The van der Waals surface area contributed by atoms with Crippen molar-refractivity contribution in [2.45, 2.75) is 38.9 Å². The van der Waals surface area contributed by atoms with Gasteiger partial charge in [0.15, 0.2) is 5.12 Å². The predicted molar refractivity (Wildman–Crippen MR) is 47.6 cm³/mol. The Labute approximate surface area is 71.7 Å². The monoisotopic (exact) mass is 174 g/mol. The van der Waals surface area contributed by atoms with Gasteiger partial charge in [0, 0.05) is 6.42 Å². The summed E-state index contributed by atoms with van der Waals surface area (Å²) in [5.74, 6) is 0.0689. The maximum absolute atomic E-state index is 11.0. The summed E-state index contributed by atoms with van der Waals surface area (Å²) < 4.78 is 0. The van der Waals surface area contributed by atoms with E-state index >= 15 is 0 Å². The third-order valence-corrected chi connectivity index (χ3v) is 2.49. The lowest BCUT2D eigenvalue weighted by Crippen LogP contribution is -2.11. The molecule has 0 aliphatic rings. The van der Waals surface area contributed by atoms with Gasteiger partial charge in [-0.2, -0.15) is 0 Å². The Morgan fingerprint density at radius 2 is 2.00 bits per heavy atom. The molecular formula is C8H14O2S. The molecule has 0 bridgehead atoms. The quantitative estimate of drug-likeness (QED) is 0.654. The van der Waals surface area contributed by atoms with Crippen LogP contribution in [0.4, 0.5) is 0 Å². The fourth-order valence-corrected chi connectivity index (χ4v) is 1.43. The Morgan fingerprint density at radius 3 is 2.36 bits per heavy atom. The van der Waals surface area contributed by atoms with E-state index in [0.717, 1.165) is 18.2 Å². The van der Waals surface area contributed by atoms with Gasteiger partial charge < -0.3 is 0 Å². The van der Waals surface area contributed by atoms with Crippen LogP contribution in [0.1, 0.15) is 33.6 Å². The van der Waals surface area contributed by atoms with Crippen LogP contribution in [0.25, 0.3) is 0 Å². The van der Waals surface area contributed by atoms with Gasteiger partial charge in [-0.3, -0.25) is 9.59 Å². The van der Waals surface area contributed by atoms with Crippen LogP contribution >= 0.6 is 11.8 Å². The first kappa shape index (κ1) is 10.7. The van der Waals surface area contributed by atoms with Crippen LogP contribution in [0.3, 0.4) is 0 Å². The molecule has 11 heavy (non-hydrogen) atoms. The first-order chi connectivity index (χ1) is 5.07. The number of thioether (sulfide) groups is 1. The standard InChI is InChI=1S/C8H14O2S/c1-4-5-8(10)11-7(3)6(2)9/h7H,4-5H2,1-3H3. The second-order valence-corrected chi connectivity index (χ2v) is 3.89. The molecule has 0 saturated carbocycles. The largest absolute Gasteiger partial charge is 0.299 e. The van der Waals surface area contributed by atoms with Gasteiger partial charge >= 0.3 is 0 Å². The number of hydrogen-bond donors (Lipinski definition) is 0. The maximum atomic E-state index is 11.0. The van der Waals surface area contributed by atoms with Crippen molar-refractivity contribution in [2.24, 2.45) is 0 Å². The van der Waals surface area contributed by atoms with Crippen molar-refractivity contribution in [1.29, 1.82) is 0 Å². The van der Waals surface area contributed by atoms with Gasteiger partial charge in [-0.15, -0.1) is 0 Å². The van der Waals surface area contributed by atoms with E-state index in [1.807, 2.05) is 6.92 Å². The van der Waals surface area contributed by atoms with Crippen LogP contribution in [0, 0.1) is 0 Å². The number of Topliss-reactive ketones (excluding diaryl/α,β-unsaturated/α-hetero) is 1. The first-order valence-corrected chi connectivity index (χ1v) is 4.65. The Kier molecular flexibility index (Phi) is 5.20. The van der Waals surface area contributed by atoms with Crippen molar-refractivity contribution >= 4 is 22.7 Å². The highest BCUT2D eigenvalue weighted by molar-refractivity contribution is 8.14. The summed E-state index contributed by atoms with van der Waals surface area (Å²) in [5.41, 5.74) is 0. The van der Waals surface area contributed by atoms with E-state index < -0.39 is 0 Å². The van der Waals surface area contributed by atoms with Crippen LogP contribution in [0.2, 0.25) is 0 Å². The molecule has 0 heterocycles. The van der Waals surface area contributed by atoms with Crippen LogP contribution in [0.15, 0.2) is 0 Å². The Hall–Kier alpha value is -0.310. The van der Waals surface area contributed by atoms with Gasteiger partial charge in [-0.05, 0) is 20.3 Å². The molecule has 1 atom stereocenters. The second kappa shape index (κ2) is 5.35. The van der Waals surface area contributed by atoms with E-state index in [1.54, 1.807) is 6.92 Å². The zero-order chi connectivity index (χ0) is 8.85. The van der Waals surface area contributed by atoms with Gasteiger partial charge in [-0.1, -0.05) is 18.7 Å². The molecule has 0 aromatic carbocycles. The molecule has 0 fully saturated rings. The van der Waals surface area contributed by atoms with Crippen molar-refractivity contribution in [3.05, 3.63) is 0 Å². The van der Waals surface area contributed by atoms with Crippen molar-refractivity contribution < 1.29 is 9.59 Å². The summed E-state index contributed by atoms with van der Waals surface area (Å²) in [6.07, 6.45) is 1.43. The van der Waals surface area contributed by atoms with Crippen LogP contribution < -0.4 is 0 Å². The fourth-order valence-electron chi connectivity index (χ4n) is 0.543. The van der Waals surface area contributed by atoms with Gasteiger partial charge in [-0.25, -0.2) is 0 Å². The van der Waals surface area contributed by atoms with Crippen molar-refractivity contribution in [3.63, 3.8) is 0 Å². The second-order valence-electron chi connectivity index (χ2n) is 2.49. The molecule has 3 heteroatoms. The number of hydrogen-bond acceptors (Lipinski definition) is 3. The minimum Gasteiger partial charge on any atom is -0.299 e. The first-order valence-electron chi connectivity index (χ1n) is 3.77. The van der Waals surface area contributed by atoms with Gasteiger partial charge in [0.25, 0.3) is 0 Å². The third-order valence-electron chi connectivity index (χ3n) is 1.33. The van der Waals surface area contributed by atoms with Crippen LogP contribution in [-0.2, 0) is 9.59 Å². The topological polar surface area (TPSA) is 34.1 Å². The fraction of sp³-hybridized carbons (Fsp3) is 0.750. The summed E-state index contributed by atoms with van der Waals surface area (Å²) in [5, 5.41) is -0.0516. The molecule has 0 spiro atoms. The third kappa shape index (κ3) is 5.01. The summed E-state index contributed by atoms with van der Waals surface area (Å²) in [7, 11) is 0. The molecule has 0 aromatic rings. The summed E-state index contributed by atoms with van der Waals surface area (Å²) in [6, 6.07) is 0. The predicted octanol–water partition coefficient (Wildman–Crippen LogP) is 2.02. The molecule has 0 N–H and O–H groups in total. The highest BCUT2D eigenvalue weighted by Gasteiger charge is 2.12. The van der Waals surface area contributed by atoms with Gasteiger partial charge in [0.05, 0.1) is 5.25 Å². The molecule has 1 unspecified atom stereocenters. The normalized spacial score (nSPS) is 12.6. The Balaban J connectivity index is 3.66. The lowest BCUT2D eigenvalue weighted by molar-refractivity contribution is -0.117. The van der Waals surface area contributed by atoms with Gasteiger partial charge in [0.1, 0.15) is 5.78 Å².